The van der Waals surface area contributed by atoms with Crippen LogP contribution in [0, 0.1) is 12.8 Å². The van der Waals surface area contributed by atoms with Gasteiger partial charge in [-0.1, -0.05) is 38.5 Å². The molecule has 2 aliphatic rings. The van der Waals surface area contributed by atoms with E-state index in [0.29, 0.717) is 11.6 Å². The number of carboxylic acid groups (broad SMARTS) is 1. The summed E-state index contributed by atoms with van der Waals surface area (Å²) in [5, 5.41) is 18.4. The van der Waals surface area contributed by atoms with Crippen molar-refractivity contribution in [3.05, 3.63) is 40.9 Å². The van der Waals surface area contributed by atoms with Crippen LogP contribution in [0.3, 0.4) is 0 Å². The predicted octanol–water partition coefficient (Wildman–Crippen LogP) is 6.27. The molecule has 2 fully saturated rings. The number of amides is 1. The average Bonchev–Trinajstić information content (AvgIpc) is 3.47. The van der Waals surface area contributed by atoms with Crippen LogP contribution in [0.5, 0.6) is 0 Å². The number of pyridine rings is 1. The van der Waals surface area contributed by atoms with Crippen molar-refractivity contribution in [1.29, 1.82) is 0 Å². The van der Waals surface area contributed by atoms with Crippen molar-refractivity contribution >= 4 is 34.7 Å². The first-order valence-corrected chi connectivity index (χ1v) is 14.2. The highest BCUT2D eigenvalue weighted by Crippen LogP contribution is 2.36. The number of nitrogens with zero attached hydrogens (tertiary/aromatic N) is 2. The SMILES string of the molecule is Cc1ccsc1-c1nc2cc(C(=O)NC(CC(=O)O)C3CCCCC3)ccn2c1NC1CCCCC1. The standard InChI is InChI=1S/C28H36N4O3S/c1-18-13-15-36-26(18)25-27(29-21-10-6-3-7-11-21)32-14-12-20(16-23(32)31-25)28(35)30-22(17-24(33)34)19-8-4-2-5-9-19/h12-16,19,21-22,29H,2-11,17H2,1H3,(H,30,35)(H,33,34). The largest absolute Gasteiger partial charge is 0.481 e. The third-order valence-electron chi connectivity index (χ3n) is 7.84. The summed E-state index contributed by atoms with van der Waals surface area (Å²) >= 11 is 1.68. The van der Waals surface area contributed by atoms with E-state index in [9.17, 15) is 14.7 Å². The Morgan fingerprint density at radius 2 is 1.83 bits per heavy atom. The zero-order chi connectivity index (χ0) is 25.1. The Balaban J connectivity index is 1.44. The molecule has 3 aromatic heterocycles. The van der Waals surface area contributed by atoms with Gasteiger partial charge < -0.3 is 15.7 Å². The molecule has 36 heavy (non-hydrogen) atoms. The Kier molecular flexibility index (Phi) is 7.60. The second kappa shape index (κ2) is 11.0. The van der Waals surface area contributed by atoms with E-state index in [1.165, 1.54) is 31.2 Å². The minimum absolute atomic E-state index is 0.0424. The number of hydrogen-bond acceptors (Lipinski definition) is 5. The Morgan fingerprint density at radius 3 is 2.50 bits per heavy atom. The van der Waals surface area contributed by atoms with E-state index in [0.717, 1.165) is 60.6 Å². The van der Waals surface area contributed by atoms with Crippen molar-refractivity contribution in [3.8, 4) is 10.6 Å². The first-order chi connectivity index (χ1) is 17.5. The van der Waals surface area contributed by atoms with Crippen molar-refractivity contribution in [2.45, 2.75) is 89.6 Å². The molecule has 192 valence electrons. The van der Waals surface area contributed by atoms with Gasteiger partial charge in [-0.25, -0.2) is 4.98 Å². The van der Waals surface area contributed by atoms with Gasteiger partial charge in [-0.2, -0.15) is 0 Å². The lowest BCUT2D eigenvalue weighted by atomic mass is 9.82. The number of anilines is 1. The summed E-state index contributed by atoms with van der Waals surface area (Å²) in [5.74, 6) is 0.103. The summed E-state index contributed by atoms with van der Waals surface area (Å²) in [7, 11) is 0. The van der Waals surface area contributed by atoms with Crippen LogP contribution < -0.4 is 10.6 Å². The van der Waals surface area contributed by atoms with Gasteiger partial charge in [0.15, 0.2) is 0 Å². The number of fused-ring (bicyclic) bond motifs is 1. The monoisotopic (exact) mass is 508 g/mol. The first-order valence-electron chi connectivity index (χ1n) is 13.4. The summed E-state index contributed by atoms with van der Waals surface area (Å²) < 4.78 is 2.05. The molecule has 3 heterocycles. The van der Waals surface area contributed by atoms with Crippen molar-refractivity contribution < 1.29 is 14.7 Å². The minimum Gasteiger partial charge on any atom is -0.481 e. The van der Waals surface area contributed by atoms with Gasteiger partial charge in [0.2, 0.25) is 0 Å². The zero-order valence-electron chi connectivity index (χ0n) is 21.0. The second-order valence-corrected chi connectivity index (χ2v) is 11.4. The van der Waals surface area contributed by atoms with Crippen molar-refractivity contribution in [3.63, 3.8) is 0 Å². The lowest BCUT2D eigenvalue weighted by Gasteiger charge is -2.30. The zero-order valence-corrected chi connectivity index (χ0v) is 21.8. The highest BCUT2D eigenvalue weighted by Gasteiger charge is 2.28. The van der Waals surface area contributed by atoms with Crippen LogP contribution in [0.1, 0.15) is 86.6 Å². The molecule has 0 saturated heterocycles. The van der Waals surface area contributed by atoms with E-state index in [-0.39, 0.29) is 24.3 Å². The van der Waals surface area contributed by atoms with Gasteiger partial charge in [-0.15, -0.1) is 11.3 Å². The Morgan fingerprint density at radius 1 is 1.11 bits per heavy atom. The molecule has 5 rings (SSSR count). The Bertz CT molecular complexity index is 1220. The number of aromatic nitrogens is 2. The van der Waals surface area contributed by atoms with Crippen molar-refractivity contribution in [2.75, 3.05) is 5.32 Å². The van der Waals surface area contributed by atoms with Crippen LogP contribution >= 0.6 is 11.3 Å². The van der Waals surface area contributed by atoms with Crippen molar-refractivity contribution in [2.24, 2.45) is 5.92 Å². The topological polar surface area (TPSA) is 95.7 Å². The minimum atomic E-state index is -0.871. The van der Waals surface area contributed by atoms with Crippen molar-refractivity contribution in [1.82, 2.24) is 14.7 Å². The molecule has 1 amide bonds. The summed E-state index contributed by atoms with van der Waals surface area (Å²) in [6, 6.07) is 5.83. The molecule has 2 saturated carbocycles. The van der Waals surface area contributed by atoms with E-state index in [1.807, 2.05) is 18.3 Å². The molecule has 0 aromatic carbocycles. The van der Waals surface area contributed by atoms with Crippen LogP contribution in [-0.2, 0) is 4.79 Å². The van der Waals surface area contributed by atoms with Gasteiger partial charge in [0.25, 0.3) is 5.91 Å². The van der Waals surface area contributed by atoms with Gasteiger partial charge in [-0.05, 0) is 67.7 Å². The van der Waals surface area contributed by atoms with E-state index >= 15 is 0 Å². The third kappa shape index (κ3) is 5.43. The maximum Gasteiger partial charge on any atom is 0.305 e. The fourth-order valence-electron chi connectivity index (χ4n) is 5.85. The molecule has 0 radical (unpaired) electrons. The molecule has 0 aliphatic heterocycles. The molecule has 0 bridgehead atoms. The quantitative estimate of drug-likeness (QED) is 0.333. The smallest absolute Gasteiger partial charge is 0.305 e. The molecular weight excluding hydrogens is 472 g/mol. The van der Waals surface area contributed by atoms with Gasteiger partial charge in [0.1, 0.15) is 17.2 Å². The first kappa shape index (κ1) is 24.8. The number of carboxylic acids is 1. The number of thiophene rings is 1. The fourth-order valence-corrected chi connectivity index (χ4v) is 6.77. The number of hydrogen-bond donors (Lipinski definition) is 3. The number of imidazole rings is 1. The van der Waals surface area contributed by atoms with Crippen LogP contribution in [0.4, 0.5) is 5.82 Å². The highest BCUT2D eigenvalue weighted by atomic mass is 32.1. The van der Waals surface area contributed by atoms with Crippen LogP contribution in [0.25, 0.3) is 16.2 Å². The lowest BCUT2D eigenvalue weighted by molar-refractivity contribution is -0.137. The summed E-state index contributed by atoms with van der Waals surface area (Å²) in [4.78, 5) is 30.9. The van der Waals surface area contributed by atoms with Gasteiger partial charge in [-0.3, -0.25) is 14.0 Å². The van der Waals surface area contributed by atoms with E-state index in [2.05, 4.69) is 33.4 Å². The molecule has 7 nitrogen and oxygen atoms in total. The second-order valence-electron chi connectivity index (χ2n) is 10.4. The summed E-state index contributed by atoms with van der Waals surface area (Å²) in [6.45, 7) is 2.10. The molecule has 3 aromatic rings. The molecule has 1 atom stereocenters. The molecule has 8 heteroatoms. The number of aryl methyl sites for hydroxylation is 1. The summed E-state index contributed by atoms with van der Waals surface area (Å²) in [5.41, 5.74) is 3.35. The molecule has 2 aliphatic carbocycles. The number of rotatable bonds is 8. The molecule has 0 spiro atoms. The van der Waals surface area contributed by atoms with E-state index < -0.39 is 5.97 Å². The van der Waals surface area contributed by atoms with Crippen LogP contribution in [0.15, 0.2) is 29.8 Å². The maximum atomic E-state index is 13.3. The van der Waals surface area contributed by atoms with Crippen LogP contribution in [-0.4, -0.2) is 38.5 Å². The van der Waals surface area contributed by atoms with Gasteiger partial charge in [0, 0.05) is 23.8 Å². The molecule has 1 unspecified atom stereocenters. The predicted molar refractivity (Wildman–Crippen MR) is 144 cm³/mol. The Labute approximate surface area is 216 Å². The fraction of sp³-hybridized carbons (Fsp3) is 0.536. The molecular formula is C28H36N4O3S. The van der Waals surface area contributed by atoms with Crippen LogP contribution in [0.2, 0.25) is 0 Å². The number of carbonyl (C=O) groups is 2. The highest BCUT2D eigenvalue weighted by molar-refractivity contribution is 7.13. The van der Waals surface area contributed by atoms with E-state index in [1.54, 1.807) is 11.3 Å². The number of nitrogens with one attached hydrogen (secondary N) is 2. The molecule has 3 N–H and O–H groups in total. The number of aliphatic carboxylic acids is 1. The van der Waals surface area contributed by atoms with Gasteiger partial charge in [0.05, 0.1) is 11.3 Å². The normalized spacial score (nSPS) is 18.2. The lowest BCUT2D eigenvalue weighted by Crippen LogP contribution is -2.42. The number of carbonyl (C=O) groups excluding carboxylic acids is 1. The maximum absolute atomic E-state index is 13.3. The third-order valence-corrected chi connectivity index (χ3v) is 8.86. The van der Waals surface area contributed by atoms with Gasteiger partial charge >= 0.3 is 5.97 Å². The Hall–Kier alpha value is -2.87. The summed E-state index contributed by atoms with van der Waals surface area (Å²) in [6.07, 6.45) is 13.3. The van der Waals surface area contributed by atoms with E-state index in [4.69, 9.17) is 4.98 Å². The average molecular weight is 509 g/mol.